The van der Waals surface area contributed by atoms with Crippen LogP contribution in [0.4, 0.5) is 0 Å². The van der Waals surface area contributed by atoms with Gasteiger partial charge in [-0.2, -0.15) is 0 Å². The first kappa shape index (κ1) is 11.9. The maximum atomic E-state index is 11.8. The van der Waals surface area contributed by atoms with Crippen molar-refractivity contribution < 1.29 is 9.90 Å². The number of amides is 1. The van der Waals surface area contributed by atoms with Gasteiger partial charge in [-0.25, -0.2) is 0 Å². The number of rotatable bonds is 4. The Balaban J connectivity index is 2.82. The number of hydrogen-bond acceptors (Lipinski definition) is 3. The minimum Gasteiger partial charge on any atom is -0.395 e. The van der Waals surface area contributed by atoms with Crippen LogP contribution in [0.5, 0.6) is 0 Å². The molecule has 0 radical (unpaired) electrons. The monoisotopic (exact) mass is 228 g/mol. The van der Waals surface area contributed by atoms with Gasteiger partial charge in [0, 0.05) is 25.5 Å². The first-order valence-corrected chi connectivity index (χ1v) is 5.07. The van der Waals surface area contributed by atoms with Gasteiger partial charge in [0.15, 0.2) is 0 Å². The van der Waals surface area contributed by atoms with Gasteiger partial charge in [0.2, 0.25) is 0 Å². The number of hydrogen-bond donors (Lipinski definition) is 1. The molecule has 0 aliphatic heterocycles. The SMILES string of the molecule is CCN(CCO)C(=O)c1cncc(Cl)c1. The van der Waals surface area contributed by atoms with Crippen molar-refractivity contribution in [3.63, 3.8) is 0 Å². The standard InChI is InChI=1S/C10H13ClN2O2/c1-2-13(3-4-14)10(15)8-5-9(11)7-12-6-8/h5-7,14H,2-4H2,1H3. The van der Waals surface area contributed by atoms with Gasteiger partial charge in [0.05, 0.1) is 17.2 Å². The van der Waals surface area contributed by atoms with E-state index >= 15 is 0 Å². The van der Waals surface area contributed by atoms with Crippen LogP contribution in [0.25, 0.3) is 0 Å². The Hall–Kier alpha value is -1.13. The van der Waals surface area contributed by atoms with E-state index in [1.165, 1.54) is 17.3 Å². The Morgan fingerprint density at radius 3 is 2.87 bits per heavy atom. The first-order chi connectivity index (χ1) is 7.19. The molecular formula is C10H13ClN2O2. The van der Waals surface area contributed by atoms with E-state index in [9.17, 15) is 4.79 Å². The van der Waals surface area contributed by atoms with E-state index in [1.54, 1.807) is 6.07 Å². The number of carbonyl (C=O) groups excluding carboxylic acids is 1. The van der Waals surface area contributed by atoms with E-state index < -0.39 is 0 Å². The van der Waals surface area contributed by atoms with Crippen molar-refractivity contribution >= 4 is 17.5 Å². The van der Waals surface area contributed by atoms with Gasteiger partial charge < -0.3 is 10.0 Å². The minimum absolute atomic E-state index is 0.0480. The lowest BCUT2D eigenvalue weighted by atomic mass is 10.2. The smallest absolute Gasteiger partial charge is 0.255 e. The summed E-state index contributed by atoms with van der Waals surface area (Å²) in [5, 5.41) is 9.21. The summed E-state index contributed by atoms with van der Waals surface area (Å²) >= 11 is 5.73. The van der Waals surface area contributed by atoms with Gasteiger partial charge in [-0.3, -0.25) is 9.78 Å². The Morgan fingerprint density at radius 1 is 1.60 bits per heavy atom. The second-order valence-corrected chi connectivity index (χ2v) is 3.44. The van der Waals surface area contributed by atoms with Gasteiger partial charge in [-0.1, -0.05) is 11.6 Å². The van der Waals surface area contributed by atoms with Gasteiger partial charge >= 0.3 is 0 Å². The number of halogens is 1. The zero-order valence-electron chi connectivity index (χ0n) is 8.48. The second-order valence-electron chi connectivity index (χ2n) is 3.00. The van der Waals surface area contributed by atoms with Crippen LogP contribution in [-0.4, -0.2) is 40.6 Å². The highest BCUT2D eigenvalue weighted by Crippen LogP contribution is 2.10. The number of aliphatic hydroxyl groups excluding tert-OH is 1. The lowest BCUT2D eigenvalue weighted by Gasteiger charge is -2.19. The van der Waals surface area contributed by atoms with E-state index in [0.717, 1.165) is 0 Å². The highest BCUT2D eigenvalue weighted by molar-refractivity contribution is 6.30. The Kier molecular flexibility index (Phi) is 4.52. The summed E-state index contributed by atoms with van der Waals surface area (Å²) < 4.78 is 0. The highest BCUT2D eigenvalue weighted by atomic mass is 35.5. The summed E-state index contributed by atoms with van der Waals surface area (Å²) in [6.45, 7) is 2.67. The molecular weight excluding hydrogens is 216 g/mol. The quantitative estimate of drug-likeness (QED) is 0.842. The van der Waals surface area contributed by atoms with Crippen molar-refractivity contribution in [2.24, 2.45) is 0 Å². The molecule has 0 bridgehead atoms. The van der Waals surface area contributed by atoms with Crippen LogP contribution >= 0.6 is 11.6 Å². The predicted molar refractivity (Wildman–Crippen MR) is 57.9 cm³/mol. The fourth-order valence-corrected chi connectivity index (χ4v) is 1.41. The Morgan fingerprint density at radius 2 is 2.33 bits per heavy atom. The van der Waals surface area contributed by atoms with Crippen molar-refractivity contribution in [1.82, 2.24) is 9.88 Å². The third-order valence-corrected chi connectivity index (χ3v) is 2.20. The van der Waals surface area contributed by atoms with Crippen molar-refractivity contribution in [3.05, 3.63) is 29.0 Å². The molecule has 0 saturated carbocycles. The summed E-state index contributed by atoms with van der Waals surface area (Å²) in [5.74, 6) is -0.165. The predicted octanol–water partition coefficient (Wildman–Crippen LogP) is 1.19. The lowest BCUT2D eigenvalue weighted by molar-refractivity contribution is 0.0731. The van der Waals surface area contributed by atoms with Crippen LogP contribution in [0.3, 0.4) is 0 Å². The molecule has 1 aromatic heterocycles. The third-order valence-electron chi connectivity index (χ3n) is 1.99. The van der Waals surface area contributed by atoms with E-state index in [1.807, 2.05) is 6.92 Å². The molecule has 0 aliphatic carbocycles. The third kappa shape index (κ3) is 3.18. The largest absolute Gasteiger partial charge is 0.395 e. The zero-order chi connectivity index (χ0) is 11.3. The molecule has 0 spiro atoms. The molecule has 0 atom stereocenters. The summed E-state index contributed by atoms with van der Waals surface area (Å²) in [6.07, 6.45) is 2.94. The number of aliphatic hydroxyl groups is 1. The second kappa shape index (κ2) is 5.68. The fourth-order valence-electron chi connectivity index (χ4n) is 1.24. The highest BCUT2D eigenvalue weighted by Gasteiger charge is 2.13. The normalized spacial score (nSPS) is 10.1. The summed E-state index contributed by atoms with van der Waals surface area (Å²) in [5.41, 5.74) is 0.442. The maximum absolute atomic E-state index is 11.8. The van der Waals surface area contributed by atoms with Crippen molar-refractivity contribution in [2.45, 2.75) is 6.92 Å². The molecule has 4 nitrogen and oxygen atoms in total. The average molecular weight is 229 g/mol. The number of carbonyl (C=O) groups is 1. The van der Waals surface area contributed by atoms with E-state index in [0.29, 0.717) is 23.7 Å². The van der Waals surface area contributed by atoms with Crippen LogP contribution in [0.15, 0.2) is 18.5 Å². The number of pyridine rings is 1. The molecule has 1 heterocycles. The Labute approximate surface area is 93.5 Å². The first-order valence-electron chi connectivity index (χ1n) is 4.69. The fraction of sp³-hybridized carbons (Fsp3) is 0.400. The van der Waals surface area contributed by atoms with Crippen LogP contribution in [-0.2, 0) is 0 Å². The topological polar surface area (TPSA) is 53.4 Å². The summed E-state index contributed by atoms with van der Waals surface area (Å²) in [4.78, 5) is 17.2. The van der Waals surface area contributed by atoms with Crippen molar-refractivity contribution in [1.29, 1.82) is 0 Å². The maximum Gasteiger partial charge on any atom is 0.255 e. The summed E-state index contributed by atoms with van der Waals surface area (Å²) in [7, 11) is 0. The molecule has 0 aliphatic rings. The number of likely N-dealkylation sites (N-methyl/N-ethyl adjacent to an activating group) is 1. The molecule has 15 heavy (non-hydrogen) atoms. The van der Waals surface area contributed by atoms with E-state index in [4.69, 9.17) is 16.7 Å². The van der Waals surface area contributed by atoms with Gasteiger partial charge in [0.25, 0.3) is 5.91 Å². The van der Waals surface area contributed by atoms with Crippen molar-refractivity contribution in [2.75, 3.05) is 19.7 Å². The molecule has 0 saturated heterocycles. The average Bonchev–Trinajstić information content (AvgIpc) is 2.25. The van der Waals surface area contributed by atoms with Crippen LogP contribution in [0.2, 0.25) is 5.02 Å². The van der Waals surface area contributed by atoms with Crippen molar-refractivity contribution in [3.8, 4) is 0 Å². The molecule has 5 heteroatoms. The Bertz CT molecular complexity index is 344. The van der Waals surface area contributed by atoms with Gasteiger partial charge in [-0.05, 0) is 13.0 Å². The van der Waals surface area contributed by atoms with Crippen LogP contribution in [0, 0.1) is 0 Å². The van der Waals surface area contributed by atoms with E-state index in [-0.39, 0.29) is 12.5 Å². The molecule has 0 unspecified atom stereocenters. The molecule has 1 amide bonds. The number of nitrogens with zero attached hydrogens (tertiary/aromatic N) is 2. The minimum atomic E-state index is -0.165. The molecule has 0 aromatic carbocycles. The lowest BCUT2D eigenvalue weighted by Crippen LogP contribution is -2.33. The molecule has 1 aromatic rings. The van der Waals surface area contributed by atoms with Gasteiger partial charge in [-0.15, -0.1) is 0 Å². The zero-order valence-corrected chi connectivity index (χ0v) is 9.24. The van der Waals surface area contributed by atoms with E-state index in [2.05, 4.69) is 4.98 Å². The van der Waals surface area contributed by atoms with Crippen LogP contribution in [0.1, 0.15) is 17.3 Å². The van der Waals surface area contributed by atoms with Gasteiger partial charge in [0.1, 0.15) is 0 Å². The number of aromatic nitrogens is 1. The molecule has 1 N–H and O–H groups in total. The molecule has 0 fully saturated rings. The van der Waals surface area contributed by atoms with Crippen LogP contribution < -0.4 is 0 Å². The summed E-state index contributed by atoms with van der Waals surface area (Å²) in [6, 6.07) is 1.57. The molecule has 82 valence electrons. The molecule has 1 rings (SSSR count).